The van der Waals surface area contributed by atoms with E-state index in [9.17, 15) is 0 Å². The molecule has 0 aliphatic rings. The van der Waals surface area contributed by atoms with E-state index in [-0.39, 0.29) is 0 Å². The third-order valence-corrected chi connectivity index (χ3v) is 6.33. The molecule has 2 aromatic rings. The molecule has 0 fully saturated rings. The highest BCUT2D eigenvalue weighted by Gasteiger charge is 2.16. The van der Waals surface area contributed by atoms with Gasteiger partial charge >= 0.3 is 0 Å². The molecule has 0 amide bonds. The Morgan fingerprint density at radius 3 is 1.93 bits per heavy atom. The first-order valence-corrected chi connectivity index (χ1v) is 8.39. The largest absolute Gasteiger partial charge is 0.288 e. The summed E-state index contributed by atoms with van der Waals surface area (Å²) in [5, 5.41) is 1.26. The maximum absolute atomic E-state index is 5.51. The smallest absolute Gasteiger partial charge is 0.0622 e. The van der Waals surface area contributed by atoms with Gasteiger partial charge in [-0.15, -0.1) is 0 Å². The third-order valence-electron chi connectivity index (χ3n) is 1.90. The first-order chi connectivity index (χ1) is 7.36. The molecule has 1 atom stereocenters. The third kappa shape index (κ3) is 3.13. The minimum Gasteiger partial charge on any atom is -0.0622 e. The highest BCUT2D eigenvalue weighted by molar-refractivity contribution is 8.66. The summed E-state index contributed by atoms with van der Waals surface area (Å²) in [5.41, 5.74) is 0. The second-order valence-electron chi connectivity index (χ2n) is 3.00. The van der Waals surface area contributed by atoms with Crippen LogP contribution in [0.15, 0.2) is 65.6 Å². The molecule has 0 radical (unpaired) electrons. The summed E-state index contributed by atoms with van der Waals surface area (Å²) >= 11 is 7.29. The van der Waals surface area contributed by atoms with E-state index in [4.69, 9.17) is 11.8 Å². The zero-order valence-electron chi connectivity index (χ0n) is 8.04. The Morgan fingerprint density at radius 1 is 0.800 bits per heavy atom. The van der Waals surface area contributed by atoms with E-state index < -0.39 is 5.90 Å². The highest BCUT2D eigenvalue weighted by atomic mass is 32.9. The molecule has 2 rings (SSSR count). The van der Waals surface area contributed by atoms with Gasteiger partial charge < -0.3 is 0 Å². The minimum absolute atomic E-state index is 0.552. The van der Waals surface area contributed by atoms with Crippen molar-refractivity contribution in [3.63, 3.8) is 0 Å². The Kier molecular flexibility index (Phi) is 3.90. The molecule has 3 heteroatoms. The normalized spacial score (nSPS) is 11.1. The molecule has 0 aromatic heterocycles. The van der Waals surface area contributed by atoms with Gasteiger partial charge in [-0.05, 0) is 24.3 Å². The van der Waals surface area contributed by atoms with Crippen molar-refractivity contribution in [1.82, 2.24) is 0 Å². The van der Waals surface area contributed by atoms with Crippen LogP contribution in [0, 0.1) is 0 Å². The van der Waals surface area contributed by atoms with Crippen molar-refractivity contribution in [2.75, 3.05) is 0 Å². The van der Waals surface area contributed by atoms with Gasteiger partial charge in [0.05, 0.1) is 4.90 Å². The van der Waals surface area contributed by atoms with Gasteiger partial charge in [-0.1, -0.05) is 36.4 Å². The van der Waals surface area contributed by atoms with Crippen molar-refractivity contribution in [2.45, 2.75) is 4.90 Å². The van der Waals surface area contributed by atoms with E-state index in [1.54, 1.807) is 11.4 Å². The average Bonchev–Trinajstić information content (AvgIpc) is 2.31. The van der Waals surface area contributed by atoms with E-state index in [1.807, 2.05) is 36.4 Å². The summed E-state index contributed by atoms with van der Waals surface area (Å²) < 4.78 is 0. The lowest BCUT2D eigenvalue weighted by molar-refractivity contribution is 1.48. The summed E-state index contributed by atoms with van der Waals surface area (Å²) in [7, 11) is 0. The summed E-state index contributed by atoms with van der Waals surface area (Å²) in [5.74, 6) is -0.552. The van der Waals surface area contributed by atoms with Crippen LogP contribution in [0.5, 0.6) is 0 Å². The van der Waals surface area contributed by atoms with Crippen LogP contribution >= 0.6 is 17.3 Å². The quantitative estimate of drug-likeness (QED) is 0.755. The fourth-order valence-corrected chi connectivity index (χ4v) is 4.93. The number of benzene rings is 2. The second kappa shape index (κ2) is 5.41. The van der Waals surface area contributed by atoms with Crippen LogP contribution in [-0.2, 0) is 11.8 Å². The predicted octanol–water partition coefficient (Wildman–Crippen LogP) is 3.96. The first-order valence-electron chi connectivity index (χ1n) is 4.61. The second-order valence-corrected chi connectivity index (χ2v) is 8.11. The number of hydrogen-bond acceptors (Lipinski definition) is 2. The zero-order valence-corrected chi connectivity index (χ0v) is 10.6. The topological polar surface area (TPSA) is 0 Å². The zero-order chi connectivity index (χ0) is 10.5. The molecule has 0 spiro atoms. The molecule has 2 aromatic carbocycles. The lowest BCUT2D eigenvalue weighted by Crippen LogP contribution is -1.90. The molecular formula is C12H10PS2+. The maximum atomic E-state index is 5.51. The molecule has 1 unspecified atom stereocenters. The van der Waals surface area contributed by atoms with Gasteiger partial charge in [-0.2, -0.15) is 0 Å². The van der Waals surface area contributed by atoms with Gasteiger partial charge in [-0.3, -0.25) is 0 Å². The Bertz CT molecular complexity index is 440. The molecule has 0 aliphatic carbocycles. The first kappa shape index (κ1) is 10.8. The predicted molar refractivity (Wildman–Crippen MR) is 72.7 cm³/mol. The van der Waals surface area contributed by atoms with Crippen LogP contribution in [0.2, 0.25) is 0 Å². The van der Waals surface area contributed by atoms with Crippen LogP contribution in [0.1, 0.15) is 0 Å². The Labute approximate surface area is 99.9 Å². The van der Waals surface area contributed by atoms with E-state index in [2.05, 4.69) is 24.3 Å². The summed E-state index contributed by atoms with van der Waals surface area (Å²) in [6.45, 7) is 0. The maximum Gasteiger partial charge on any atom is 0.288 e. The molecule has 0 N–H and O–H groups in total. The molecule has 0 aliphatic heterocycles. The van der Waals surface area contributed by atoms with Crippen LogP contribution in [0.25, 0.3) is 0 Å². The van der Waals surface area contributed by atoms with E-state index >= 15 is 0 Å². The Balaban J connectivity index is 2.12. The lowest BCUT2D eigenvalue weighted by Gasteiger charge is -1.91. The fourth-order valence-electron chi connectivity index (χ4n) is 1.18. The summed E-state index contributed by atoms with van der Waals surface area (Å²) in [6.07, 6.45) is 0. The van der Waals surface area contributed by atoms with Gasteiger partial charge in [0.15, 0.2) is 17.1 Å². The molecule has 0 heterocycles. The van der Waals surface area contributed by atoms with Crippen LogP contribution in [0.4, 0.5) is 0 Å². The van der Waals surface area contributed by atoms with Crippen molar-refractivity contribution in [3.8, 4) is 0 Å². The molecule has 0 bridgehead atoms. The van der Waals surface area contributed by atoms with E-state index in [0.29, 0.717) is 0 Å². The monoisotopic (exact) mass is 249 g/mol. The standard InChI is InChI=1S/C12H10PS2/c14-13(11-7-3-1-4-8-11)15-12-9-5-2-6-10-12/h1-10H/q+1. The fraction of sp³-hybridized carbons (Fsp3) is 0. The van der Waals surface area contributed by atoms with Crippen molar-refractivity contribution in [1.29, 1.82) is 0 Å². The van der Waals surface area contributed by atoms with Crippen molar-refractivity contribution < 1.29 is 0 Å². The average molecular weight is 249 g/mol. The SMILES string of the molecule is S=[P+](Sc1ccccc1)c1ccccc1. The van der Waals surface area contributed by atoms with Gasteiger partial charge in [-0.25, -0.2) is 0 Å². The number of rotatable bonds is 3. The van der Waals surface area contributed by atoms with Crippen molar-refractivity contribution >= 4 is 34.4 Å². The highest BCUT2D eigenvalue weighted by Crippen LogP contribution is 2.42. The van der Waals surface area contributed by atoms with E-state index in [1.165, 1.54) is 10.2 Å². The Hall–Kier alpha value is -0.690. The minimum atomic E-state index is -0.552. The molecule has 0 nitrogen and oxygen atoms in total. The molecule has 15 heavy (non-hydrogen) atoms. The van der Waals surface area contributed by atoms with Crippen LogP contribution < -0.4 is 5.30 Å². The molecule has 74 valence electrons. The molecule has 0 saturated carbocycles. The van der Waals surface area contributed by atoms with Gasteiger partial charge in [0.1, 0.15) is 11.4 Å². The van der Waals surface area contributed by atoms with Gasteiger partial charge in [0, 0.05) is 0 Å². The van der Waals surface area contributed by atoms with Gasteiger partial charge in [0.25, 0.3) is 5.90 Å². The molecule has 0 saturated heterocycles. The number of hydrogen-bond donors (Lipinski definition) is 0. The van der Waals surface area contributed by atoms with Crippen LogP contribution in [0.3, 0.4) is 0 Å². The van der Waals surface area contributed by atoms with Crippen molar-refractivity contribution in [2.24, 2.45) is 0 Å². The van der Waals surface area contributed by atoms with E-state index in [0.717, 1.165) is 0 Å². The Morgan fingerprint density at radius 2 is 1.33 bits per heavy atom. The van der Waals surface area contributed by atoms with Crippen LogP contribution in [-0.4, -0.2) is 0 Å². The van der Waals surface area contributed by atoms with Crippen molar-refractivity contribution in [3.05, 3.63) is 60.7 Å². The summed E-state index contributed by atoms with van der Waals surface area (Å²) in [4.78, 5) is 1.25. The lowest BCUT2D eigenvalue weighted by atomic mass is 10.4. The summed E-state index contributed by atoms with van der Waals surface area (Å²) in [6, 6.07) is 20.7. The molecular weight excluding hydrogens is 239 g/mol. The van der Waals surface area contributed by atoms with Gasteiger partial charge in [0.2, 0.25) is 0 Å².